The van der Waals surface area contributed by atoms with E-state index in [1.165, 1.54) is 37.1 Å². The molecule has 0 spiro atoms. The molecule has 1 saturated carbocycles. The molecule has 0 heterocycles. The van der Waals surface area contributed by atoms with Crippen LogP contribution in [0.5, 0.6) is 11.5 Å². The van der Waals surface area contributed by atoms with Crippen molar-refractivity contribution in [1.29, 1.82) is 0 Å². The van der Waals surface area contributed by atoms with Gasteiger partial charge in [0.1, 0.15) is 23.9 Å². The topological polar surface area (TPSA) is 85.3 Å². The van der Waals surface area contributed by atoms with Crippen LogP contribution in [0.3, 0.4) is 0 Å². The minimum absolute atomic E-state index is 0.272. The minimum Gasteiger partial charge on any atom is -0.492 e. The van der Waals surface area contributed by atoms with E-state index in [1.807, 2.05) is 12.1 Å². The molecule has 2 aromatic carbocycles. The third kappa shape index (κ3) is 8.02. The Bertz CT molecular complexity index is 912. The van der Waals surface area contributed by atoms with E-state index < -0.39 is 24.0 Å². The lowest BCUT2D eigenvalue weighted by molar-refractivity contribution is -0.149. The minimum atomic E-state index is -0.989. The van der Waals surface area contributed by atoms with Gasteiger partial charge < -0.3 is 24.2 Å². The van der Waals surface area contributed by atoms with Crippen LogP contribution in [0.2, 0.25) is 0 Å². The second kappa shape index (κ2) is 12.9. The number of aliphatic carboxylic acids is 1. The molecule has 184 valence electrons. The zero-order valence-corrected chi connectivity index (χ0v) is 19.5. The molecular formula is C26H32FNO6. The SMILES string of the molecule is CCOC(Cc1ccc(OCCN(CC2CCCC2)C(=O)Oc2ccc(F)cc2)cc1)C(=O)O. The van der Waals surface area contributed by atoms with Crippen LogP contribution in [0.1, 0.15) is 38.2 Å². The van der Waals surface area contributed by atoms with Crippen molar-refractivity contribution in [3.63, 3.8) is 0 Å². The standard InChI is InChI=1S/C26H32FNO6/c1-2-32-24(25(29)30)17-19-7-11-22(12-8-19)33-16-15-28(18-20-5-3-4-6-20)26(31)34-23-13-9-21(27)10-14-23/h7-14,20,24H,2-6,15-18H2,1H3,(H,29,30). The molecule has 7 nitrogen and oxygen atoms in total. The molecule has 1 N–H and O–H groups in total. The van der Waals surface area contributed by atoms with Crippen molar-refractivity contribution in [2.24, 2.45) is 5.92 Å². The van der Waals surface area contributed by atoms with E-state index in [0.29, 0.717) is 37.1 Å². The summed E-state index contributed by atoms with van der Waals surface area (Å²) in [7, 11) is 0. The van der Waals surface area contributed by atoms with Gasteiger partial charge in [0.15, 0.2) is 6.10 Å². The van der Waals surface area contributed by atoms with Gasteiger partial charge in [0, 0.05) is 19.6 Å². The zero-order valence-electron chi connectivity index (χ0n) is 19.5. The third-order valence-electron chi connectivity index (χ3n) is 5.85. The second-order valence-corrected chi connectivity index (χ2v) is 8.40. The number of rotatable bonds is 12. The second-order valence-electron chi connectivity index (χ2n) is 8.40. The highest BCUT2D eigenvalue weighted by Crippen LogP contribution is 2.26. The van der Waals surface area contributed by atoms with Crippen molar-refractivity contribution in [2.75, 3.05) is 26.3 Å². The van der Waals surface area contributed by atoms with Crippen LogP contribution in [-0.2, 0) is 16.0 Å². The summed E-state index contributed by atoms with van der Waals surface area (Å²) in [4.78, 5) is 25.7. The largest absolute Gasteiger partial charge is 0.492 e. The molecular weight excluding hydrogens is 441 g/mol. The molecule has 0 bridgehead atoms. The monoisotopic (exact) mass is 473 g/mol. The summed E-state index contributed by atoms with van der Waals surface area (Å²) in [6.07, 6.45) is 3.42. The highest BCUT2D eigenvalue weighted by Gasteiger charge is 2.23. The fourth-order valence-corrected chi connectivity index (χ4v) is 4.06. The van der Waals surface area contributed by atoms with Gasteiger partial charge in [-0.05, 0) is 67.6 Å². The molecule has 0 saturated heterocycles. The summed E-state index contributed by atoms with van der Waals surface area (Å²) in [5.41, 5.74) is 0.832. The summed E-state index contributed by atoms with van der Waals surface area (Å²) >= 11 is 0. The average molecular weight is 474 g/mol. The van der Waals surface area contributed by atoms with Gasteiger partial charge in [0.05, 0.1) is 6.54 Å². The molecule has 0 aromatic heterocycles. The molecule has 1 aliphatic rings. The first-order chi connectivity index (χ1) is 16.4. The van der Waals surface area contributed by atoms with Crippen molar-refractivity contribution < 1.29 is 33.3 Å². The summed E-state index contributed by atoms with van der Waals surface area (Å²) in [5, 5.41) is 9.23. The van der Waals surface area contributed by atoms with Crippen LogP contribution >= 0.6 is 0 Å². The molecule has 1 fully saturated rings. The quantitative estimate of drug-likeness (QED) is 0.471. The first-order valence-corrected chi connectivity index (χ1v) is 11.7. The summed E-state index contributed by atoms with van der Waals surface area (Å²) in [6.45, 7) is 3.32. The number of benzene rings is 2. The van der Waals surface area contributed by atoms with Crippen molar-refractivity contribution >= 4 is 12.1 Å². The molecule has 1 unspecified atom stereocenters. The van der Waals surface area contributed by atoms with Crippen LogP contribution < -0.4 is 9.47 Å². The fraction of sp³-hybridized carbons (Fsp3) is 0.462. The normalized spacial score (nSPS) is 14.5. The maximum atomic E-state index is 13.1. The molecule has 3 rings (SSSR count). The number of ether oxygens (including phenoxy) is 3. The summed E-state index contributed by atoms with van der Waals surface area (Å²) in [6, 6.07) is 12.5. The molecule has 1 aliphatic carbocycles. The fourth-order valence-electron chi connectivity index (χ4n) is 4.06. The van der Waals surface area contributed by atoms with Gasteiger partial charge in [-0.25, -0.2) is 14.0 Å². The van der Waals surface area contributed by atoms with Crippen molar-refractivity contribution in [2.45, 2.75) is 45.1 Å². The molecule has 0 aliphatic heterocycles. The predicted octanol–water partition coefficient (Wildman–Crippen LogP) is 4.93. The van der Waals surface area contributed by atoms with Crippen LogP contribution in [0.4, 0.5) is 9.18 Å². The summed E-state index contributed by atoms with van der Waals surface area (Å²) < 4.78 is 29.7. The van der Waals surface area contributed by atoms with Gasteiger partial charge in [-0.1, -0.05) is 25.0 Å². The smallest absolute Gasteiger partial charge is 0.415 e. The molecule has 34 heavy (non-hydrogen) atoms. The maximum Gasteiger partial charge on any atom is 0.415 e. The third-order valence-corrected chi connectivity index (χ3v) is 5.85. The van der Waals surface area contributed by atoms with E-state index >= 15 is 0 Å². The maximum absolute atomic E-state index is 13.1. The lowest BCUT2D eigenvalue weighted by Gasteiger charge is -2.25. The van der Waals surface area contributed by atoms with Crippen LogP contribution in [0.15, 0.2) is 48.5 Å². The van der Waals surface area contributed by atoms with Gasteiger partial charge in [-0.15, -0.1) is 0 Å². The van der Waals surface area contributed by atoms with Crippen molar-refractivity contribution in [3.8, 4) is 11.5 Å². The molecule has 8 heteroatoms. The Morgan fingerprint density at radius 1 is 1.06 bits per heavy atom. The molecule has 0 radical (unpaired) electrons. The molecule has 1 amide bonds. The van der Waals surface area contributed by atoms with Crippen LogP contribution in [0, 0.1) is 11.7 Å². The molecule has 1 atom stereocenters. The Balaban J connectivity index is 1.54. The van der Waals surface area contributed by atoms with Gasteiger partial charge in [-0.3, -0.25) is 0 Å². The van der Waals surface area contributed by atoms with Gasteiger partial charge in [-0.2, -0.15) is 0 Å². The Kier molecular flexibility index (Phi) is 9.70. The van der Waals surface area contributed by atoms with Crippen molar-refractivity contribution in [1.82, 2.24) is 4.90 Å². The van der Waals surface area contributed by atoms with E-state index in [9.17, 15) is 19.1 Å². The van der Waals surface area contributed by atoms with E-state index in [4.69, 9.17) is 14.2 Å². The van der Waals surface area contributed by atoms with Gasteiger partial charge in [0.2, 0.25) is 0 Å². The lowest BCUT2D eigenvalue weighted by atomic mass is 10.1. The number of hydrogen-bond acceptors (Lipinski definition) is 5. The van der Waals surface area contributed by atoms with E-state index in [-0.39, 0.29) is 13.0 Å². The summed E-state index contributed by atoms with van der Waals surface area (Å²) in [5.74, 6) is -0.0196. The number of nitrogens with zero attached hydrogens (tertiary/aromatic N) is 1. The number of amides is 1. The molecule has 2 aromatic rings. The highest BCUT2D eigenvalue weighted by molar-refractivity contribution is 5.72. The van der Waals surface area contributed by atoms with Gasteiger partial charge >= 0.3 is 12.1 Å². The van der Waals surface area contributed by atoms with Crippen LogP contribution in [0.25, 0.3) is 0 Å². The van der Waals surface area contributed by atoms with E-state index in [2.05, 4.69) is 0 Å². The number of carboxylic acids is 1. The Morgan fingerprint density at radius 2 is 1.71 bits per heavy atom. The number of halogens is 1. The van der Waals surface area contributed by atoms with E-state index in [1.54, 1.807) is 24.0 Å². The number of carbonyl (C=O) groups is 2. The average Bonchev–Trinajstić information content (AvgIpc) is 3.34. The predicted molar refractivity (Wildman–Crippen MR) is 125 cm³/mol. The first kappa shape index (κ1) is 25.5. The first-order valence-electron chi connectivity index (χ1n) is 11.7. The Labute approximate surface area is 199 Å². The van der Waals surface area contributed by atoms with Gasteiger partial charge in [0.25, 0.3) is 0 Å². The lowest BCUT2D eigenvalue weighted by Crippen LogP contribution is -2.39. The Hall–Kier alpha value is -3.13. The van der Waals surface area contributed by atoms with Crippen molar-refractivity contribution in [3.05, 3.63) is 59.9 Å². The number of hydrogen-bond donors (Lipinski definition) is 1. The van der Waals surface area contributed by atoms with Crippen LogP contribution in [-0.4, -0.2) is 54.5 Å². The van der Waals surface area contributed by atoms with E-state index in [0.717, 1.165) is 18.4 Å². The number of carbonyl (C=O) groups excluding carboxylic acids is 1. The highest BCUT2D eigenvalue weighted by atomic mass is 19.1. The Morgan fingerprint density at radius 3 is 2.32 bits per heavy atom. The zero-order chi connectivity index (χ0) is 24.3. The number of carboxylic acid groups (broad SMARTS) is 1.